The highest BCUT2D eigenvalue weighted by Gasteiger charge is 2.72. The minimum absolute atomic E-state index is 0. The van der Waals surface area contributed by atoms with E-state index in [-0.39, 0.29) is 31.7 Å². The number of aromatic nitrogens is 4. The number of sulfonamides is 2. The summed E-state index contributed by atoms with van der Waals surface area (Å²) < 4.78 is 201. The van der Waals surface area contributed by atoms with Gasteiger partial charge in [-0.3, -0.25) is 9.59 Å². The van der Waals surface area contributed by atoms with Crippen molar-refractivity contribution in [3.05, 3.63) is 60.2 Å². The number of fused-ring (bicyclic) bond motifs is 2. The van der Waals surface area contributed by atoms with Crippen LogP contribution < -0.4 is 0 Å². The van der Waals surface area contributed by atoms with Crippen molar-refractivity contribution in [2.45, 2.75) is 123 Å². The smallest absolute Gasteiger partial charge is 0.426 e. The lowest BCUT2D eigenvalue weighted by Gasteiger charge is -2.43. The first-order chi connectivity index (χ1) is 32.7. The Morgan fingerprint density at radius 3 is 1.28 bits per heavy atom. The van der Waals surface area contributed by atoms with E-state index >= 15 is 0 Å². The molecule has 1 amide bonds. The number of rotatable bonds is 10. The molecule has 1 saturated carbocycles. The number of H-pyrrole nitrogens is 2. The molecule has 0 unspecified atom stereocenters. The normalized spacial score (nSPS) is 19.1. The summed E-state index contributed by atoms with van der Waals surface area (Å²) in [6.07, 6.45) is -16.3. The van der Waals surface area contributed by atoms with Crippen LogP contribution in [0.25, 0.3) is 22.1 Å². The number of carboxylic acids is 1. The van der Waals surface area contributed by atoms with Gasteiger partial charge in [0.2, 0.25) is 26.0 Å². The van der Waals surface area contributed by atoms with E-state index in [1.54, 1.807) is 22.8 Å². The molecule has 16 nitrogen and oxygen atoms in total. The number of aromatic amines is 2. The number of aliphatic carboxylic acids is 1. The molecule has 4 fully saturated rings. The van der Waals surface area contributed by atoms with Crippen LogP contribution in [0.4, 0.5) is 52.7 Å². The number of carbonyl (C=O) groups excluding carboxylic acids is 1. The van der Waals surface area contributed by atoms with Gasteiger partial charge in [-0.1, -0.05) is 13.8 Å². The average molecular weight is 1090 g/mol. The van der Waals surface area contributed by atoms with Gasteiger partial charge in [-0.25, -0.2) is 35.4 Å². The SMILES string of the molecule is C.O=C(CC(O)(C(F)(F)F)C(F)(F)F)N1CC(S(=O)(=O)N2CCC(c3c[nH]c4ncccc34)CC2)C1.O=C(O)CC(O)(C(F)(F)F)C(F)(F)F.O=S(=O)(C1CCC1)N1CCC(c2c[nH]c3ncccc23)CC1. The van der Waals surface area contributed by atoms with Crippen LogP contribution in [0, 0.1) is 0 Å². The second-order valence-corrected chi connectivity index (χ2v) is 22.1. The fourth-order valence-corrected chi connectivity index (χ4v) is 12.6. The van der Waals surface area contributed by atoms with Crippen LogP contribution in [0.15, 0.2) is 49.1 Å². The molecule has 30 heteroatoms. The second-order valence-electron chi connectivity index (χ2n) is 17.7. The first kappa shape index (κ1) is 58.1. The van der Waals surface area contributed by atoms with Crippen molar-refractivity contribution in [1.29, 1.82) is 0 Å². The highest BCUT2D eigenvalue weighted by molar-refractivity contribution is 7.90. The summed E-state index contributed by atoms with van der Waals surface area (Å²) >= 11 is 0. The van der Waals surface area contributed by atoms with Crippen molar-refractivity contribution in [3.8, 4) is 0 Å². The zero-order valence-electron chi connectivity index (χ0n) is 36.9. The summed E-state index contributed by atoms with van der Waals surface area (Å²) in [5.41, 5.74) is -6.47. The highest BCUT2D eigenvalue weighted by atomic mass is 32.2. The first-order valence-corrected chi connectivity index (χ1v) is 24.8. The molecule has 3 aliphatic heterocycles. The Morgan fingerprint density at radius 2 is 0.958 bits per heavy atom. The Bertz CT molecular complexity index is 2710. The largest absolute Gasteiger partial charge is 0.481 e. The molecule has 4 aliphatic rings. The first-order valence-electron chi connectivity index (χ1n) is 21.8. The van der Waals surface area contributed by atoms with Crippen molar-refractivity contribution in [1.82, 2.24) is 33.4 Å². The molecular formula is C42H51F12N7O9S2. The lowest BCUT2D eigenvalue weighted by molar-refractivity contribution is -0.368. The number of pyridine rings is 2. The van der Waals surface area contributed by atoms with E-state index in [2.05, 4.69) is 26.0 Å². The number of amides is 1. The number of hydrogen-bond donors (Lipinski definition) is 5. The highest BCUT2D eigenvalue weighted by Crippen LogP contribution is 2.47. The maximum atomic E-state index is 12.9. The fourth-order valence-electron chi connectivity index (χ4n) is 8.66. The zero-order chi connectivity index (χ0) is 52.8. The molecule has 8 rings (SSSR count). The number of hydrogen-bond acceptors (Lipinski definition) is 10. The molecule has 0 spiro atoms. The van der Waals surface area contributed by atoms with Gasteiger partial charge in [-0.15, -0.1) is 0 Å². The number of nitrogens with one attached hydrogen (secondary N) is 2. The van der Waals surface area contributed by atoms with Gasteiger partial charge in [-0.2, -0.15) is 52.7 Å². The van der Waals surface area contributed by atoms with Gasteiger partial charge >= 0.3 is 30.7 Å². The van der Waals surface area contributed by atoms with Crippen molar-refractivity contribution in [2.75, 3.05) is 39.3 Å². The minimum Gasteiger partial charge on any atom is -0.481 e. The molecule has 4 aromatic rings. The number of carbonyl (C=O) groups is 2. The zero-order valence-corrected chi connectivity index (χ0v) is 38.5. The number of carboxylic acid groups (broad SMARTS) is 1. The maximum absolute atomic E-state index is 12.9. The summed E-state index contributed by atoms with van der Waals surface area (Å²) in [5, 5.41) is 26.1. The van der Waals surface area contributed by atoms with Gasteiger partial charge in [0.25, 0.3) is 11.2 Å². The van der Waals surface area contributed by atoms with E-state index in [1.807, 2.05) is 24.5 Å². The van der Waals surface area contributed by atoms with Gasteiger partial charge in [-0.05, 0) is 85.8 Å². The van der Waals surface area contributed by atoms with Crippen LogP contribution in [0.1, 0.15) is 88.2 Å². The maximum Gasteiger partial charge on any atom is 0.426 e. The molecular weight excluding hydrogens is 1040 g/mol. The topological polar surface area (TPSA) is 230 Å². The Labute approximate surface area is 403 Å². The lowest BCUT2D eigenvalue weighted by Crippen LogP contribution is -2.64. The lowest BCUT2D eigenvalue weighted by atomic mass is 9.90. The monoisotopic (exact) mass is 1090 g/mol. The molecule has 72 heavy (non-hydrogen) atoms. The minimum atomic E-state index is -6.12. The van der Waals surface area contributed by atoms with Crippen LogP contribution in [0.5, 0.6) is 0 Å². The van der Waals surface area contributed by atoms with E-state index in [4.69, 9.17) is 10.2 Å². The van der Waals surface area contributed by atoms with Gasteiger partial charge in [0.1, 0.15) is 16.5 Å². The van der Waals surface area contributed by atoms with Crippen LogP contribution >= 0.6 is 0 Å². The van der Waals surface area contributed by atoms with E-state index in [0.717, 1.165) is 54.3 Å². The number of alkyl halides is 12. The Hall–Kier alpha value is -4.78. The number of piperidine rings is 2. The molecule has 1 aliphatic carbocycles. The summed E-state index contributed by atoms with van der Waals surface area (Å²) in [6.45, 7) is 0.591. The van der Waals surface area contributed by atoms with E-state index in [1.165, 1.54) is 15.3 Å². The Morgan fingerprint density at radius 1 is 0.597 bits per heavy atom. The molecule has 0 atom stereocenters. The van der Waals surface area contributed by atoms with Crippen molar-refractivity contribution in [2.24, 2.45) is 0 Å². The summed E-state index contributed by atoms with van der Waals surface area (Å²) in [4.78, 5) is 37.2. The third kappa shape index (κ3) is 11.8. The summed E-state index contributed by atoms with van der Waals surface area (Å²) in [7, 11) is -6.96. The molecule has 4 aromatic heterocycles. The second kappa shape index (κ2) is 21.2. The molecule has 7 heterocycles. The summed E-state index contributed by atoms with van der Waals surface area (Å²) in [6, 6.07) is 7.75. The van der Waals surface area contributed by atoms with Crippen LogP contribution in [-0.2, 0) is 29.6 Å². The predicted octanol–water partition coefficient (Wildman–Crippen LogP) is 7.11. The number of aliphatic hydroxyl groups is 2. The van der Waals surface area contributed by atoms with E-state index < -0.39 is 99.0 Å². The quantitative estimate of drug-likeness (QED) is 0.101. The predicted molar refractivity (Wildman–Crippen MR) is 233 cm³/mol. The molecule has 5 N–H and O–H groups in total. The summed E-state index contributed by atoms with van der Waals surface area (Å²) in [5.74, 6) is -3.52. The van der Waals surface area contributed by atoms with Crippen molar-refractivity contribution < 1.29 is 94.4 Å². The number of halogens is 12. The third-order valence-corrected chi connectivity index (χ3v) is 17.9. The molecule has 3 saturated heterocycles. The van der Waals surface area contributed by atoms with E-state index in [9.17, 15) is 84.2 Å². The van der Waals surface area contributed by atoms with Crippen molar-refractivity contribution in [3.63, 3.8) is 0 Å². The Kier molecular flexibility index (Phi) is 17.1. The van der Waals surface area contributed by atoms with Crippen molar-refractivity contribution >= 4 is 54.0 Å². The number of likely N-dealkylation sites (tertiary alicyclic amines) is 1. The molecule has 0 radical (unpaired) electrons. The number of nitrogens with zero attached hydrogens (tertiary/aromatic N) is 5. The van der Waals surface area contributed by atoms with Gasteiger partial charge in [0, 0.05) is 74.8 Å². The van der Waals surface area contributed by atoms with Crippen LogP contribution in [-0.4, -0.2) is 163 Å². The van der Waals surface area contributed by atoms with Gasteiger partial charge in [0.05, 0.1) is 18.1 Å². The molecule has 0 bridgehead atoms. The third-order valence-electron chi connectivity index (χ3n) is 13.3. The Balaban J connectivity index is 0.000000222. The van der Waals surface area contributed by atoms with Crippen LogP contribution in [0.2, 0.25) is 0 Å². The van der Waals surface area contributed by atoms with Gasteiger partial charge < -0.3 is 30.2 Å². The average Bonchev–Trinajstić information content (AvgIpc) is 3.86. The molecule has 404 valence electrons. The fraction of sp³-hybridized carbons (Fsp3) is 0.619. The van der Waals surface area contributed by atoms with E-state index in [0.29, 0.717) is 36.7 Å². The molecule has 0 aromatic carbocycles. The standard InChI is InChI=1S/C20H22F6N4O4S.C16H21N3O2S.C5H4F6O3.CH4/c21-19(22,23)18(32,20(24,25)26)8-16(31)29-10-13(11-29)35(33,34)30-6-3-12(4-7-30)15-9-28-17-14(15)2-1-5-27-17;20-22(21,13-3-1-4-13)19-9-6-12(7-10-19)15-11-18-16-14(15)5-2-8-17-16;6-4(7,8)3(14,1-2(12)13)5(9,10)11;/h1-2,5,9,12-13,32H,3-4,6-8,10-11H2,(H,27,28);2,5,8,11-13H,1,3-4,6-7,9-10H2,(H,17,18);14H,1H2,(H,12,13);1H4. The van der Waals surface area contributed by atoms with Crippen LogP contribution in [0.3, 0.4) is 0 Å². The van der Waals surface area contributed by atoms with Gasteiger partial charge in [0.15, 0.2) is 0 Å².